The van der Waals surface area contributed by atoms with Crippen LogP contribution in [0.3, 0.4) is 0 Å². The highest BCUT2D eigenvalue weighted by Gasteiger charge is 2.25. The maximum Gasteiger partial charge on any atom is 0.141 e. The minimum absolute atomic E-state index is 0.112. The van der Waals surface area contributed by atoms with Gasteiger partial charge in [0.15, 0.2) is 0 Å². The van der Waals surface area contributed by atoms with E-state index in [9.17, 15) is 4.79 Å². The molecule has 1 atom stereocenters. The molecule has 0 unspecified atom stereocenters. The Morgan fingerprint density at radius 2 is 2.22 bits per heavy atom. The van der Waals surface area contributed by atoms with Gasteiger partial charge in [-0.1, -0.05) is 6.07 Å². The van der Waals surface area contributed by atoms with Crippen molar-refractivity contribution in [1.29, 1.82) is 0 Å². The molecule has 0 spiro atoms. The molecule has 2 aliphatic rings. The molecule has 0 amide bonds. The highest BCUT2D eigenvalue weighted by atomic mass is 32.2. The van der Waals surface area contributed by atoms with E-state index < -0.39 is 0 Å². The Balaban J connectivity index is 1.47. The maximum absolute atomic E-state index is 11.2. The van der Waals surface area contributed by atoms with Crippen LogP contribution in [0.2, 0.25) is 0 Å². The highest BCUT2D eigenvalue weighted by molar-refractivity contribution is 7.99. The normalized spacial score (nSPS) is 20.7. The first-order valence-corrected chi connectivity index (χ1v) is 11.2. The van der Waals surface area contributed by atoms with Crippen molar-refractivity contribution in [3.63, 3.8) is 0 Å². The van der Waals surface area contributed by atoms with Gasteiger partial charge in [0, 0.05) is 30.3 Å². The number of aldehydes is 1. The fraction of sp³-hybridized carbons (Fsp3) is 0.400. The lowest BCUT2D eigenvalue weighted by Gasteiger charge is -2.33. The Bertz CT molecular complexity index is 821. The Kier molecular flexibility index (Phi) is 5.80. The predicted molar refractivity (Wildman–Crippen MR) is 115 cm³/mol. The molecule has 0 radical (unpaired) electrons. The number of carbonyl (C=O) groups excluding carboxylic acids is 1. The molecular formula is C20H24N4OS2. The summed E-state index contributed by atoms with van der Waals surface area (Å²) in [5.74, 6) is 1.63. The summed E-state index contributed by atoms with van der Waals surface area (Å²) in [6.45, 7) is 3.97. The molecule has 142 valence electrons. The third kappa shape index (κ3) is 4.20. The number of hydrogen-bond donors (Lipinski definition) is 1. The van der Waals surface area contributed by atoms with Crippen molar-refractivity contribution in [1.82, 2.24) is 4.90 Å². The van der Waals surface area contributed by atoms with Gasteiger partial charge in [-0.25, -0.2) is 4.99 Å². The van der Waals surface area contributed by atoms with Crippen molar-refractivity contribution >= 4 is 46.6 Å². The molecule has 3 heterocycles. The van der Waals surface area contributed by atoms with E-state index in [4.69, 9.17) is 5.73 Å². The zero-order valence-corrected chi connectivity index (χ0v) is 16.8. The second-order valence-electron chi connectivity index (χ2n) is 6.84. The summed E-state index contributed by atoms with van der Waals surface area (Å²) >= 11 is 3.48. The Morgan fingerprint density at radius 1 is 1.30 bits per heavy atom. The SMILES string of the molecule is NC(=Nc1ccc2c(c1)SCCN2CCN1CCC[C@H]1C=O)c1cccs1. The third-order valence-electron chi connectivity index (χ3n) is 5.15. The maximum atomic E-state index is 11.2. The molecule has 1 aromatic carbocycles. The van der Waals surface area contributed by atoms with Gasteiger partial charge >= 0.3 is 0 Å². The highest BCUT2D eigenvalue weighted by Crippen LogP contribution is 2.37. The van der Waals surface area contributed by atoms with E-state index in [0.717, 1.165) is 61.6 Å². The fourth-order valence-corrected chi connectivity index (χ4v) is 5.43. The molecule has 4 rings (SSSR count). The van der Waals surface area contributed by atoms with Crippen molar-refractivity contribution in [2.45, 2.75) is 23.8 Å². The summed E-state index contributed by atoms with van der Waals surface area (Å²) in [5, 5.41) is 2.01. The van der Waals surface area contributed by atoms with E-state index in [2.05, 4.69) is 26.9 Å². The second kappa shape index (κ2) is 8.46. The van der Waals surface area contributed by atoms with E-state index in [1.54, 1.807) is 11.3 Å². The van der Waals surface area contributed by atoms with Gasteiger partial charge in [0.25, 0.3) is 0 Å². The van der Waals surface area contributed by atoms with Crippen LogP contribution in [0.4, 0.5) is 11.4 Å². The van der Waals surface area contributed by atoms with Crippen molar-refractivity contribution in [3.05, 3.63) is 40.6 Å². The summed E-state index contributed by atoms with van der Waals surface area (Å²) in [6.07, 6.45) is 3.24. The quantitative estimate of drug-likeness (QED) is 0.458. The number of aliphatic imine (C=N–C) groups is 1. The van der Waals surface area contributed by atoms with Crippen LogP contribution in [0.25, 0.3) is 0 Å². The van der Waals surface area contributed by atoms with Crippen molar-refractivity contribution in [2.24, 2.45) is 10.7 Å². The molecule has 0 saturated carbocycles. The lowest BCUT2D eigenvalue weighted by molar-refractivity contribution is -0.111. The molecule has 2 aliphatic heterocycles. The first kappa shape index (κ1) is 18.5. The summed E-state index contributed by atoms with van der Waals surface area (Å²) in [7, 11) is 0. The topological polar surface area (TPSA) is 61.9 Å². The molecule has 2 N–H and O–H groups in total. The first-order valence-electron chi connectivity index (χ1n) is 9.34. The van der Waals surface area contributed by atoms with Gasteiger partial charge in [-0.2, -0.15) is 0 Å². The number of fused-ring (bicyclic) bond motifs is 1. The van der Waals surface area contributed by atoms with Crippen molar-refractivity contribution in [3.8, 4) is 0 Å². The van der Waals surface area contributed by atoms with E-state index in [-0.39, 0.29) is 6.04 Å². The number of rotatable bonds is 6. The van der Waals surface area contributed by atoms with E-state index in [1.807, 2.05) is 35.3 Å². The van der Waals surface area contributed by atoms with Gasteiger partial charge in [-0.05, 0) is 49.0 Å². The van der Waals surface area contributed by atoms with Crippen molar-refractivity contribution < 1.29 is 4.79 Å². The van der Waals surface area contributed by atoms with Gasteiger partial charge in [-0.15, -0.1) is 23.1 Å². The summed E-state index contributed by atoms with van der Waals surface area (Å²) in [6, 6.07) is 10.4. The van der Waals surface area contributed by atoms with Crippen LogP contribution < -0.4 is 10.6 Å². The largest absolute Gasteiger partial charge is 0.383 e. The molecule has 0 aliphatic carbocycles. The number of hydrogen-bond acceptors (Lipinski definition) is 6. The first-order chi connectivity index (χ1) is 13.2. The van der Waals surface area contributed by atoms with Gasteiger partial charge in [0.05, 0.1) is 22.3 Å². The smallest absolute Gasteiger partial charge is 0.141 e. The van der Waals surface area contributed by atoms with Crippen molar-refractivity contribution in [2.75, 3.05) is 36.8 Å². The predicted octanol–water partition coefficient (Wildman–Crippen LogP) is 3.36. The Hall–Kier alpha value is -1.83. The molecular weight excluding hydrogens is 376 g/mol. The van der Waals surface area contributed by atoms with Crippen LogP contribution in [0.1, 0.15) is 17.7 Å². The van der Waals surface area contributed by atoms with Gasteiger partial charge < -0.3 is 15.4 Å². The van der Waals surface area contributed by atoms with E-state index in [0.29, 0.717) is 5.84 Å². The number of anilines is 1. The fourth-order valence-electron chi connectivity index (χ4n) is 3.72. The summed E-state index contributed by atoms with van der Waals surface area (Å²) in [4.78, 5) is 22.8. The molecule has 0 bridgehead atoms. The summed E-state index contributed by atoms with van der Waals surface area (Å²) in [5.41, 5.74) is 8.29. The molecule has 7 heteroatoms. The molecule has 2 aromatic rings. The minimum Gasteiger partial charge on any atom is -0.383 e. The molecule has 27 heavy (non-hydrogen) atoms. The number of nitrogens with zero attached hydrogens (tertiary/aromatic N) is 3. The number of nitrogens with two attached hydrogens (primary N) is 1. The number of thioether (sulfide) groups is 1. The van der Waals surface area contributed by atoms with Crippen LogP contribution in [-0.4, -0.2) is 55.0 Å². The van der Waals surface area contributed by atoms with E-state index in [1.165, 1.54) is 10.6 Å². The van der Waals surface area contributed by atoms with Gasteiger partial charge in [0.1, 0.15) is 12.1 Å². The lowest BCUT2D eigenvalue weighted by atomic mass is 10.2. The van der Waals surface area contributed by atoms with E-state index >= 15 is 0 Å². The Labute approximate surface area is 168 Å². The average molecular weight is 401 g/mol. The second-order valence-corrected chi connectivity index (χ2v) is 8.93. The van der Waals surface area contributed by atoms with Gasteiger partial charge in [0.2, 0.25) is 0 Å². The molecule has 1 saturated heterocycles. The summed E-state index contributed by atoms with van der Waals surface area (Å²) < 4.78 is 0. The lowest BCUT2D eigenvalue weighted by Crippen LogP contribution is -2.40. The van der Waals surface area contributed by atoms with Gasteiger partial charge in [-0.3, -0.25) is 4.90 Å². The van der Waals surface area contributed by atoms with Crippen LogP contribution >= 0.6 is 23.1 Å². The number of thiophene rings is 1. The zero-order valence-electron chi connectivity index (χ0n) is 15.2. The van der Waals surface area contributed by atoms with Crippen LogP contribution in [0.5, 0.6) is 0 Å². The minimum atomic E-state index is 0.112. The Morgan fingerprint density at radius 3 is 3.04 bits per heavy atom. The number of likely N-dealkylation sites (tertiary alicyclic amines) is 1. The zero-order chi connectivity index (χ0) is 18.6. The van der Waals surface area contributed by atoms with Crippen LogP contribution in [0.15, 0.2) is 45.6 Å². The molecule has 1 fully saturated rings. The number of amidine groups is 1. The van der Waals surface area contributed by atoms with Crippen LogP contribution in [-0.2, 0) is 4.79 Å². The monoisotopic (exact) mass is 400 g/mol. The van der Waals surface area contributed by atoms with Crippen LogP contribution in [0, 0.1) is 0 Å². The standard InChI is InChI=1S/C20H24N4OS2/c21-20(18-4-2-11-26-18)22-15-5-6-17-19(13-15)27-12-10-24(17)9-8-23-7-1-3-16(23)14-25/h2,4-6,11,13-14,16H,1,3,7-10,12H2,(H2,21,22)/t16-/m0/s1. The third-order valence-corrected chi connectivity index (χ3v) is 7.07. The number of benzene rings is 1. The molecule has 5 nitrogen and oxygen atoms in total. The average Bonchev–Trinajstić information content (AvgIpc) is 3.37. The molecule has 1 aromatic heterocycles. The number of carbonyl (C=O) groups is 1.